The highest BCUT2D eigenvalue weighted by Crippen LogP contribution is 2.56. The molecular formula is C13H24O. The van der Waals surface area contributed by atoms with Crippen molar-refractivity contribution in [1.29, 1.82) is 0 Å². The van der Waals surface area contributed by atoms with Gasteiger partial charge in [-0.1, -0.05) is 33.1 Å². The maximum Gasteiger partial charge on any atom is 0.0573 e. The zero-order valence-electron chi connectivity index (χ0n) is 9.63. The van der Waals surface area contributed by atoms with Crippen molar-refractivity contribution in [3.05, 3.63) is 0 Å². The molecule has 0 bridgehead atoms. The molecule has 2 rings (SSSR count). The van der Waals surface area contributed by atoms with Gasteiger partial charge in [0.15, 0.2) is 0 Å². The Morgan fingerprint density at radius 2 is 2.07 bits per heavy atom. The van der Waals surface area contributed by atoms with Gasteiger partial charge in [-0.05, 0) is 42.9 Å². The van der Waals surface area contributed by atoms with Gasteiger partial charge in [0.25, 0.3) is 0 Å². The monoisotopic (exact) mass is 196 g/mol. The highest BCUT2D eigenvalue weighted by atomic mass is 16.3. The van der Waals surface area contributed by atoms with Crippen LogP contribution in [0.5, 0.6) is 0 Å². The van der Waals surface area contributed by atoms with Crippen molar-refractivity contribution >= 4 is 0 Å². The van der Waals surface area contributed by atoms with E-state index in [0.717, 1.165) is 12.3 Å². The third-order valence-electron chi connectivity index (χ3n) is 4.92. The second kappa shape index (κ2) is 3.84. The van der Waals surface area contributed by atoms with E-state index in [9.17, 15) is 5.11 Å². The summed E-state index contributed by atoms with van der Waals surface area (Å²) >= 11 is 0. The minimum Gasteiger partial charge on any atom is -0.393 e. The predicted octanol–water partition coefficient (Wildman–Crippen LogP) is 3.36. The van der Waals surface area contributed by atoms with E-state index in [2.05, 4.69) is 13.8 Å². The molecule has 2 fully saturated rings. The van der Waals surface area contributed by atoms with E-state index >= 15 is 0 Å². The van der Waals surface area contributed by atoms with E-state index in [-0.39, 0.29) is 6.10 Å². The van der Waals surface area contributed by atoms with Crippen molar-refractivity contribution in [2.75, 3.05) is 0 Å². The SMILES string of the molecule is CCCC1CC[C@H]2[C@@H](O)CCC[C@]12C. The third kappa shape index (κ3) is 1.50. The number of hydrogen-bond donors (Lipinski definition) is 1. The van der Waals surface area contributed by atoms with Crippen LogP contribution in [-0.2, 0) is 0 Å². The molecule has 0 aromatic rings. The average Bonchev–Trinajstić information content (AvgIpc) is 2.46. The first-order chi connectivity index (χ1) is 6.68. The number of rotatable bonds is 2. The van der Waals surface area contributed by atoms with Gasteiger partial charge in [0.2, 0.25) is 0 Å². The third-order valence-corrected chi connectivity index (χ3v) is 4.92. The summed E-state index contributed by atoms with van der Waals surface area (Å²) in [6.07, 6.45) is 9.00. The minimum absolute atomic E-state index is 0.00982. The summed E-state index contributed by atoms with van der Waals surface area (Å²) in [5.74, 6) is 1.51. The summed E-state index contributed by atoms with van der Waals surface area (Å²) in [6, 6.07) is 0. The Bertz CT molecular complexity index is 201. The molecule has 1 heteroatoms. The van der Waals surface area contributed by atoms with Crippen LogP contribution >= 0.6 is 0 Å². The van der Waals surface area contributed by atoms with Crippen LogP contribution in [0.15, 0.2) is 0 Å². The Morgan fingerprint density at radius 1 is 1.29 bits per heavy atom. The summed E-state index contributed by atoms with van der Waals surface area (Å²) in [6.45, 7) is 4.73. The van der Waals surface area contributed by atoms with Crippen molar-refractivity contribution < 1.29 is 5.11 Å². The van der Waals surface area contributed by atoms with Gasteiger partial charge in [-0.15, -0.1) is 0 Å². The molecule has 0 aliphatic heterocycles. The van der Waals surface area contributed by atoms with Crippen LogP contribution < -0.4 is 0 Å². The highest BCUT2D eigenvalue weighted by molar-refractivity contribution is 4.99. The molecule has 1 N–H and O–H groups in total. The molecule has 1 unspecified atom stereocenters. The van der Waals surface area contributed by atoms with Crippen molar-refractivity contribution in [3.63, 3.8) is 0 Å². The van der Waals surface area contributed by atoms with Gasteiger partial charge in [0.1, 0.15) is 0 Å². The van der Waals surface area contributed by atoms with E-state index in [1.807, 2.05) is 0 Å². The molecule has 14 heavy (non-hydrogen) atoms. The molecule has 0 saturated heterocycles. The highest BCUT2D eigenvalue weighted by Gasteiger charge is 2.50. The molecule has 2 saturated carbocycles. The Morgan fingerprint density at radius 3 is 2.79 bits per heavy atom. The molecule has 4 atom stereocenters. The number of fused-ring (bicyclic) bond motifs is 1. The van der Waals surface area contributed by atoms with Gasteiger partial charge < -0.3 is 5.11 Å². The molecule has 0 spiro atoms. The van der Waals surface area contributed by atoms with Crippen molar-refractivity contribution in [2.45, 2.75) is 64.9 Å². The van der Waals surface area contributed by atoms with Crippen molar-refractivity contribution in [3.8, 4) is 0 Å². The Hall–Kier alpha value is -0.0400. The largest absolute Gasteiger partial charge is 0.393 e. The van der Waals surface area contributed by atoms with Gasteiger partial charge in [-0.25, -0.2) is 0 Å². The van der Waals surface area contributed by atoms with E-state index in [1.165, 1.54) is 38.5 Å². The van der Waals surface area contributed by atoms with E-state index < -0.39 is 0 Å². The Balaban J connectivity index is 2.12. The smallest absolute Gasteiger partial charge is 0.0573 e. The van der Waals surface area contributed by atoms with Crippen molar-refractivity contribution in [2.24, 2.45) is 17.3 Å². The first kappa shape index (κ1) is 10.5. The lowest BCUT2D eigenvalue weighted by atomic mass is 9.63. The van der Waals surface area contributed by atoms with Crippen LogP contribution in [0.25, 0.3) is 0 Å². The van der Waals surface area contributed by atoms with Crippen LogP contribution in [0.4, 0.5) is 0 Å². The zero-order chi connectivity index (χ0) is 10.2. The number of hydrogen-bond acceptors (Lipinski definition) is 1. The molecular weight excluding hydrogens is 172 g/mol. The number of aliphatic hydroxyl groups is 1. The first-order valence-corrected chi connectivity index (χ1v) is 6.36. The fourth-order valence-electron chi connectivity index (χ4n) is 4.08. The second-order valence-electron chi connectivity index (χ2n) is 5.63. The first-order valence-electron chi connectivity index (χ1n) is 6.36. The van der Waals surface area contributed by atoms with Crippen LogP contribution in [-0.4, -0.2) is 11.2 Å². The Labute approximate surface area is 87.9 Å². The summed E-state index contributed by atoms with van der Waals surface area (Å²) in [5, 5.41) is 10.0. The molecule has 2 aliphatic carbocycles. The number of aliphatic hydroxyl groups excluding tert-OH is 1. The Kier molecular flexibility index (Phi) is 2.88. The van der Waals surface area contributed by atoms with Gasteiger partial charge in [0, 0.05) is 0 Å². The molecule has 0 aromatic carbocycles. The average molecular weight is 196 g/mol. The predicted molar refractivity (Wildman–Crippen MR) is 59.1 cm³/mol. The lowest BCUT2D eigenvalue weighted by Gasteiger charge is -2.43. The maximum absolute atomic E-state index is 10.0. The molecule has 0 heterocycles. The normalized spacial score (nSPS) is 47.8. The summed E-state index contributed by atoms with van der Waals surface area (Å²) < 4.78 is 0. The maximum atomic E-state index is 10.0. The van der Waals surface area contributed by atoms with Gasteiger partial charge in [-0.3, -0.25) is 0 Å². The van der Waals surface area contributed by atoms with Crippen LogP contribution in [0.3, 0.4) is 0 Å². The molecule has 0 aromatic heterocycles. The van der Waals surface area contributed by atoms with E-state index in [0.29, 0.717) is 11.3 Å². The van der Waals surface area contributed by atoms with Gasteiger partial charge in [0.05, 0.1) is 6.10 Å². The molecule has 0 amide bonds. The lowest BCUT2D eigenvalue weighted by molar-refractivity contribution is -0.0183. The summed E-state index contributed by atoms with van der Waals surface area (Å²) in [4.78, 5) is 0. The summed E-state index contributed by atoms with van der Waals surface area (Å²) in [5.41, 5.74) is 0.480. The fraction of sp³-hybridized carbons (Fsp3) is 1.00. The summed E-state index contributed by atoms with van der Waals surface area (Å²) in [7, 11) is 0. The van der Waals surface area contributed by atoms with E-state index in [1.54, 1.807) is 0 Å². The molecule has 82 valence electrons. The van der Waals surface area contributed by atoms with E-state index in [4.69, 9.17) is 0 Å². The minimum atomic E-state index is 0.00982. The molecule has 0 radical (unpaired) electrons. The fourth-order valence-corrected chi connectivity index (χ4v) is 4.08. The standard InChI is InChI=1S/C13H24O/c1-3-5-10-7-8-11-12(14)6-4-9-13(10,11)2/h10-12,14H,3-9H2,1-2H3/t10?,11-,12-,13+/m0/s1. The lowest BCUT2D eigenvalue weighted by Crippen LogP contribution is -2.39. The molecule has 1 nitrogen and oxygen atoms in total. The molecule has 2 aliphatic rings. The van der Waals surface area contributed by atoms with Gasteiger partial charge >= 0.3 is 0 Å². The van der Waals surface area contributed by atoms with Crippen LogP contribution in [0.2, 0.25) is 0 Å². The van der Waals surface area contributed by atoms with Crippen LogP contribution in [0.1, 0.15) is 58.8 Å². The van der Waals surface area contributed by atoms with Gasteiger partial charge in [-0.2, -0.15) is 0 Å². The quantitative estimate of drug-likeness (QED) is 0.718. The van der Waals surface area contributed by atoms with Crippen molar-refractivity contribution in [1.82, 2.24) is 0 Å². The topological polar surface area (TPSA) is 20.2 Å². The zero-order valence-corrected chi connectivity index (χ0v) is 9.63. The van der Waals surface area contributed by atoms with Crippen LogP contribution in [0, 0.1) is 17.3 Å². The second-order valence-corrected chi connectivity index (χ2v) is 5.63.